The fourth-order valence-electron chi connectivity index (χ4n) is 2.90. The first-order chi connectivity index (χ1) is 8.72. The van der Waals surface area contributed by atoms with E-state index >= 15 is 0 Å². The molecule has 18 heavy (non-hydrogen) atoms. The Morgan fingerprint density at radius 2 is 2.00 bits per heavy atom. The number of hydrogen-bond donors (Lipinski definition) is 1. The van der Waals surface area contributed by atoms with E-state index in [9.17, 15) is 0 Å². The highest BCUT2D eigenvalue weighted by Crippen LogP contribution is 2.36. The van der Waals surface area contributed by atoms with Crippen LogP contribution in [0.15, 0.2) is 24.3 Å². The summed E-state index contributed by atoms with van der Waals surface area (Å²) >= 11 is 0. The van der Waals surface area contributed by atoms with E-state index in [1.165, 1.54) is 24.0 Å². The topological polar surface area (TPSA) is 21.3 Å². The lowest BCUT2D eigenvalue weighted by Crippen LogP contribution is -2.31. The highest BCUT2D eigenvalue weighted by Gasteiger charge is 2.23. The lowest BCUT2D eigenvalue weighted by molar-refractivity contribution is 0.156. The van der Waals surface area contributed by atoms with Crippen molar-refractivity contribution in [1.82, 2.24) is 5.32 Å². The Morgan fingerprint density at radius 3 is 2.72 bits per heavy atom. The summed E-state index contributed by atoms with van der Waals surface area (Å²) in [6.07, 6.45) is 2.53. The number of fused-ring (bicyclic) bond motifs is 1. The van der Waals surface area contributed by atoms with E-state index < -0.39 is 0 Å². The summed E-state index contributed by atoms with van der Waals surface area (Å²) in [4.78, 5) is 0. The molecule has 0 amide bonds. The summed E-state index contributed by atoms with van der Waals surface area (Å²) in [5.74, 6) is 1.28. The van der Waals surface area contributed by atoms with Crippen LogP contribution >= 0.6 is 0 Å². The predicted octanol–water partition coefficient (Wildman–Crippen LogP) is 3.50. The Morgan fingerprint density at radius 1 is 1.28 bits per heavy atom. The molecule has 0 radical (unpaired) electrons. The molecular formula is C16H25NO. The smallest absolute Gasteiger partial charge is 0.0499 e. The molecule has 0 saturated heterocycles. The van der Waals surface area contributed by atoms with Crippen LogP contribution in [0.5, 0.6) is 0 Å². The maximum Gasteiger partial charge on any atom is 0.0499 e. The van der Waals surface area contributed by atoms with Crippen LogP contribution in [-0.2, 0) is 4.74 Å². The molecule has 3 atom stereocenters. The number of rotatable bonds is 5. The molecule has 100 valence electrons. The van der Waals surface area contributed by atoms with Crippen LogP contribution in [0.1, 0.15) is 49.8 Å². The molecule has 2 rings (SSSR count). The second-order valence-corrected chi connectivity index (χ2v) is 5.63. The number of benzene rings is 1. The van der Waals surface area contributed by atoms with Gasteiger partial charge in [0.05, 0.1) is 0 Å². The summed E-state index contributed by atoms with van der Waals surface area (Å²) in [6.45, 7) is 6.43. The molecule has 1 aliphatic rings. The van der Waals surface area contributed by atoms with E-state index in [2.05, 4.69) is 43.4 Å². The van der Waals surface area contributed by atoms with Gasteiger partial charge in [0, 0.05) is 26.3 Å². The minimum absolute atomic E-state index is 0.525. The summed E-state index contributed by atoms with van der Waals surface area (Å²) in [5, 5.41) is 3.70. The van der Waals surface area contributed by atoms with Crippen LogP contribution in [-0.4, -0.2) is 20.3 Å². The van der Waals surface area contributed by atoms with Gasteiger partial charge in [-0.1, -0.05) is 38.1 Å². The summed E-state index contributed by atoms with van der Waals surface area (Å²) in [5.41, 5.74) is 3.03. The third kappa shape index (κ3) is 3.12. The first-order valence-electron chi connectivity index (χ1n) is 7.03. The molecule has 0 aromatic heterocycles. The maximum atomic E-state index is 5.19. The molecule has 3 unspecified atom stereocenters. The lowest BCUT2D eigenvalue weighted by atomic mass is 9.81. The van der Waals surface area contributed by atoms with Crippen LogP contribution in [0, 0.1) is 5.92 Å². The van der Waals surface area contributed by atoms with Gasteiger partial charge in [0.2, 0.25) is 0 Å². The van der Waals surface area contributed by atoms with Gasteiger partial charge in [-0.3, -0.25) is 0 Å². The van der Waals surface area contributed by atoms with Crippen molar-refractivity contribution >= 4 is 0 Å². The molecule has 1 aromatic rings. The van der Waals surface area contributed by atoms with Crippen LogP contribution in [0.4, 0.5) is 0 Å². The van der Waals surface area contributed by atoms with Crippen molar-refractivity contribution in [2.75, 3.05) is 20.3 Å². The average Bonchev–Trinajstić information content (AvgIpc) is 2.39. The maximum absolute atomic E-state index is 5.19. The molecule has 0 fully saturated rings. The van der Waals surface area contributed by atoms with Gasteiger partial charge in [0.1, 0.15) is 0 Å². The summed E-state index contributed by atoms with van der Waals surface area (Å²) in [7, 11) is 1.77. The first kappa shape index (κ1) is 13.6. The van der Waals surface area contributed by atoms with Crippen molar-refractivity contribution in [3.8, 4) is 0 Å². The number of methoxy groups -OCH3 is 1. The van der Waals surface area contributed by atoms with Crippen molar-refractivity contribution in [3.63, 3.8) is 0 Å². The second kappa shape index (κ2) is 6.35. The van der Waals surface area contributed by atoms with Gasteiger partial charge in [0.15, 0.2) is 0 Å². The van der Waals surface area contributed by atoms with Crippen molar-refractivity contribution < 1.29 is 4.74 Å². The number of ether oxygens (including phenoxy) is 1. The molecular weight excluding hydrogens is 222 g/mol. The molecule has 1 aromatic carbocycles. The van der Waals surface area contributed by atoms with Crippen molar-refractivity contribution in [3.05, 3.63) is 35.4 Å². The van der Waals surface area contributed by atoms with E-state index in [0.29, 0.717) is 17.9 Å². The van der Waals surface area contributed by atoms with Gasteiger partial charge in [0.25, 0.3) is 0 Å². The predicted molar refractivity (Wildman–Crippen MR) is 75.9 cm³/mol. The van der Waals surface area contributed by atoms with Crippen LogP contribution in [0.2, 0.25) is 0 Å². The molecule has 0 saturated carbocycles. The van der Waals surface area contributed by atoms with Gasteiger partial charge in [-0.25, -0.2) is 0 Å². The fraction of sp³-hybridized carbons (Fsp3) is 0.625. The Labute approximate surface area is 111 Å². The highest BCUT2D eigenvalue weighted by atomic mass is 16.5. The molecule has 2 nitrogen and oxygen atoms in total. The Hall–Kier alpha value is -0.860. The van der Waals surface area contributed by atoms with Crippen molar-refractivity contribution in [2.45, 2.75) is 38.6 Å². The van der Waals surface area contributed by atoms with E-state index in [0.717, 1.165) is 13.2 Å². The van der Waals surface area contributed by atoms with E-state index in [-0.39, 0.29) is 0 Å². The van der Waals surface area contributed by atoms with Crippen LogP contribution in [0.25, 0.3) is 0 Å². The van der Waals surface area contributed by atoms with Gasteiger partial charge in [-0.05, 0) is 35.8 Å². The zero-order valence-electron chi connectivity index (χ0n) is 11.8. The molecule has 2 heteroatoms. The van der Waals surface area contributed by atoms with Crippen LogP contribution in [0.3, 0.4) is 0 Å². The summed E-state index contributed by atoms with van der Waals surface area (Å²) < 4.78 is 5.19. The van der Waals surface area contributed by atoms with Crippen molar-refractivity contribution in [2.24, 2.45) is 5.92 Å². The zero-order valence-corrected chi connectivity index (χ0v) is 11.8. The molecule has 0 bridgehead atoms. The van der Waals surface area contributed by atoms with Crippen molar-refractivity contribution in [1.29, 1.82) is 0 Å². The SMILES string of the molecule is COCC(C)CNC1CCC(C)c2ccccc21. The number of hydrogen-bond acceptors (Lipinski definition) is 2. The molecule has 1 aliphatic carbocycles. The van der Waals surface area contributed by atoms with E-state index in [1.54, 1.807) is 7.11 Å². The van der Waals surface area contributed by atoms with E-state index in [1.807, 2.05) is 0 Å². The fourth-order valence-corrected chi connectivity index (χ4v) is 2.90. The summed E-state index contributed by atoms with van der Waals surface area (Å²) in [6, 6.07) is 9.41. The Kier molecular flexibility index (Phi) is 4.79. The average molecular weight is 247 g/mol. The molecule has 0 heterocycles. The standard InChI is InChI=1S/C16H25NO/c1-12(11-18-3)10-17-16-9-8-13(2)14-6-4-5-7-15(14)16/h4-7,12-13,16-17H,8-11H2,1-3H3. The first-order valence-corrected chi connectivity index (χ1v) is 7.03. The van der Waals surface area contributed by atoms with Gasteiger partial charge >= 0.3 is 0 Å². The van der Waals surface area contributed by atoms with E-state index in [4.69, 9.17) is 4.74 Å². The minimum atomic E-state index is 0.525. The molecule has 0 spiro atoms. The Balaban J connectivity index is 2.00. The Bertz CT molecular complexity index is 377. The highest BCUT2D eigenvalue weighted by molar-refractivity contribution is 5.34. The second-order valence-electron chi connectivity index (χ2n) is 5.63. The largest absolute Gasteiger partial charge is 0.384 e. The van der Waals surface area contributed by atoms with Gasteiger partial charge in [-0.2, -0.15) is 0 Å². The van der Waals surface area contributed by atoms with Gasteiger partial charge < -0.3 is 10.1 Å². The monoisotopic (exact) mass is 247 g/mol. The zero-order chi connectivity index (χ0) is 13.0. The molecule has 0 aliphatic heterocycles. The molecule has 1 N–H and O–H groups in total. The lowest BCUT2D eigenvalue weighted by Gasteiger charge is -2.31. The quantitative estimate of drug-likeness (QED) is 0.860. The third-order valence-corrected chi connectivity index (χ3v) is 3.95. The normalized spacial score (nSPS) is 24.6. The van der Waals surface area contributed by atoms with Crippen LogP contribution < -0.4 is 5.32 Å². The number of nitrogens with one attached hydrogen (secondary N) is 1. The third-order valence-electron chi connectivity index (χ3n) is 3.95. The minimum Gasteiger partial charge on any atom is -0.384 e. The van der Waals surface area contributed by atoms with Gasteiger partial charge in [-0.15, -0.1) is 0 Å².